The Kier molecular flexibility index (Phi) is 2.70. The molecular formula is C10H8FN3O4. The van der Waals surface area contributed by atoms with Crippen LogP contribution >= 0.6 is 0 Å². The Balaban J connectivity index is 2.47. The van der Waals surface area contributed by atoms with E-state index in [0.717, 1.165) is 17.0 Å². The molecule has 1 aliphatic rings. The summed E-state index contributed by atoms with van der Waals surface area (Å²) in [6.07, 6.45) is -0.266. The summed E-state index contributed by atoms with van der Waals surface area (Å²) in [5.74, 6) is -1.91. The van der Waals surface area contributed by atoms with Gasteiger partial charge in [-0.2, -0.15) is 4.39 Å². The molecule has 1 heterocycles. The number of carbonyl (C=O) groups excluding carboxylic acids is 2. The van der Waals surface area contributed by atoms with Crippen LogP contribution in [0, 0.1) is 15.9 Å². The van der Waals surface area contributed by atoms with Crippen molar-refractivity contribution < 1.29 is 18.9 Å². The van der Waals surface area contributed by atoms with Gasteiger partial charge in [0.15, 0.2) is 5.78 Å². The van der Waals surface area contributed by atoms with Crippen molar-refractivity contribution in [2.75, 3.05) is 17.2 Å². The van der Waals surface area contributed by atoms with Gasteiger partial charge in [-0.05, 0) is 0 Å². The monoisotopic (exact) mass is 253 g/mol. The Labute approximate surface area is 100 Å². The molecule has 0 saturated carbocycles. The number of nitro benzene ring substituents is 1. The van der Waals surface area contributed by atoms with Crippen molar-refractivity contribution in [3.63, 3.8) is 0 Å². The number of ketones is 1. The summed E-state index contributed by atoms with van der Waals surface area (Å²) in [6, 6.07) is 1.63. The molecule has 0 radical (unpaired) electrons. The maximum Gasteiger partial charge on any atom is 0.306 e. The maximum atomic E-state index is 13.4. The number of rotatable bonds is 2. The van der Waals surface area contributed by atoms with E-state index in [4.69, 9.17) is 5.73 Å². The molecule has 94 valence electrons. The molecule has 2 N–H and O–H groups in total. The first-order chi connectivity index (χ1) is 8.40. The van der Waals surface area contributed by atoms with Crippen LogP contribution in [-0.2, 0) is 9.59 Å². The summed E-state index contributed by atoms with van der Waals surface area (Å²) in [6.45, 7) is -0.194. The molecule has 1 aromatic carbocycles. The number of benzene rings is 1. The molecular weight excluding hydrogens is 245 g/mol. The zero-order valence-electron chi connectivity index (χ0n) is 9.05. The van der Waals surface area contributed by atoms with Gasteiger partial charge in [0.2, 0.25) is 11.7 Å². The van der Waals surface area contributed by atoms with E-state index in [1.807, 2.05) is 0 Å². The molecule has 18 heavy (non-hydrogen) atoms. The van der Waals surface area contributed by atoms with Crippen LogP contribution in [-0.4, -0.2) is 23.2 Å². The first kappa shape index (κ1) is 12.0. The van der Waals surface area contributed by atoms with Gasteiger partial charge >= 0.3 is 5.69 Å². The van der Waals surface area contributed by atoms with Crippen molar-refractivity contribution in [3.8, 4) is 0 Å². The lowest BCUT2D eigenvalue weighted by Crippen LogP contribution is -2.25. The number of nitrogens with zero attached hydrogens (tertiary/aromatic N) is 2. The van der Waals surface area contributed by atoms with Gasteiger partial charge in [-0.3, -0.25) is 19.7 Å². The number of hydrogen-bond donors (Lipinski definition) is 1. The van der Waals surface area contributed by atoms with Crippen molar-refractivity contribution >= 4 is 28.8 Å². The molecule has 1 amide bonds. The van der Waals surface area contributed by atoms with Crippen molar-refractivity contribution in [2.24, 2.45) is 0 Å². The molecule has 0 aromatic heterocycles. The predicted octanol–water partition coefficient (Wildman–Crippen LogP) is 0.622. The summed E-state index contributed by atoms with van der Waals surface area (Å²) < 4.78 is 13.4. The third kappa shape index (κ3) is 1.88. The molecule has 0 spiro atoms. The van der Waals surface area contributed by atoms with Crippen LogP contribution < -0.4 is 10.6 Å². The molecule has 2 rings (SSSR count). The number of carbonyl (C=O) groups is 2. The molecule has 1 fully saturated rings. The average Bonchev–Trinajstić information content (AvgIpc) is 2.60. The van der Waals surface area contributed by atoms with E-state index in [0.29, 0.717) is 0 Å². The minimum absolute atomic E-state index is 0.0195. The van der Waals surface area contributed by atoms with Crippen LogP contribution in [0.25, 0.3) is 0 Å². The summed E-state index contributed by atoms with van der Waals surface area (Å²) >= 11 is 0. The van der Waals surface area contributed by atoms with Gasteiger partial charge in [0.1, 0.15) is 0 Å². The van der Waals surface area contributed by atoms with E-state index in [2.05, 4.69) is 0 Å². The summed E-state index contributed by atoms with van der Waals surface area (Å²) in [5.41, 5.74) is 4.63. The lowest BCUT2D eigenvalue weighted by molar-refractivity contribution is -0.387. The number of Topliss-reactive ketones (excluding diaryl/α,β-unsaturated/α-hetero) is 1. The molecule has 8 heteroatoms. The quantitative estimate of drug-likeness (QED) is 0.360. The van der Waals surface area contributed by atoms with E-state index in [1.54, 1.807) is 0 Å². The maximum absolute atomic E-state index is 13.4. The largest absolute Gasteiger partial charge is 0.397 e. The first-order valence-corrected chi connectivity index (χ1v) is 4.95. The zero-order chi connectivity index (χ0) is 13.4. The van der Waals surface area contributed by atoms with Gasteiger partial charge in [-0.25, -0.2) is 0 Å². The number of hydrogen-bond acceptors (Lipinski definition) is 5. The highest BCUT2D eigenvalue weighted by Gasteiger charge is 2.31. The van der Waals surface area contributed by atoms with Gasteiger partial charge in [0.05, 0.1) is 29.3 Å². The Hall–Kier alpha value is -2.51. The molecule has 0 unspecified atom stereocenters. The number of halogens is 1. The summed E-state index contributed by atoms with van der Waals surface area (Å²) in [7, 11) is 0. The van der Waals surface area contributed by atoms with E-state index in [9.17, 15) is 24.1 Å². The Morgan fingerprint density at radius 1 is 1.39 bits per heavy atom. The smallest absolute Gasteiger partial charge is 0.306 e. The van der Waals surface area contributed by atoms with Crippen LogP contribution in [0.3, 0.4) is 0 Å². The van der Waals surface area contributed by atoms with Gasteiger partial charge in [-0.15, -0.1) is 0 Å². The summed E-state index contributed by atoms with van der Waals surface area (Å²) in [4.78, 5) is 33.2. The Morgan fingerprint density at radius 2 is 2.06 bits per heavy atom. The predicted molar refractivity (Wildman–Crippen MR) is 59.4 cm³/mol. The minimum atomic E-state index is -1.10. The second-order valence-corrected chi connectivity index (χ2v) is 3.81. The fraction of sp³-hybridized carbons (Fsp3) is 0.200. The average molecular weight is 253 g/mol. The molecule has 1 saturated heterocycles. The molecule has 7 nitrogen and oxygen atoms in total. The van der Waals surface area contributed by atoms with Crippen LogP contribution in [0.5, 0.6) is 0 Å². The first-order valence-electron chi connectivity index (χ1n) is 4.95. The lowest BCUT2D eigenvalue weighted by atomic mass is 10.2. The summed E-state index contributed by atoms with van der Waals surface area (Å²) in [5, 5.41) is 10.5. The highest BCUT2D eigenvalue weighted by Crippen LogP contribution is 2.32. The number of amides is 1. The van der Waals surface area contributed by atoms with Crippen LogP contribution in [0.1, 0.15) is 6.42 Å². The third-order valence-corrected chi connectivity index (χ3v) is 2.57. The zero-order valence-corrected chi connectivity index (χ0v) is 9.05. The van der Waals surface area contributed by atoms with Crippen molar-refractivity contribution in [3.05, 3.63) is 28.1 Å². The Morgan fingerprint density at radius 3 is 2.56 bits per heavy atom. The van der Waals surface area contributed by atoms with Crippen molar-refractivity contribution in [2.45, 2.75) is 6.42 Å². The van der Waals surface area contributed by atoms with Crippen molar-refractivity contribution in [1.82, 2.24) is 0 Å². The second-order valence-electron chi connectivity index (χ2n) is 3.81. The number of nitrogens with two attached hydrogens (primary N) is 1. The van der Waals surface area contributed by atoms with E-state index < -0.39 is 22.3 Å². The van der Waals surface area contributed by atoms with Gasteiger partial charge in [0.25, 0.3) is 0 Å². The number of anilines is 2. The standard InChI is InChI=1S/C10H8FN3O4/c11-6-2-9(7(12)3-8(6)14(17)18)13-4-5(15)1-10(13)16/h2-3H,1,4,12H2. The molecule has 0 bridgehead atoms. The van der Waals surface area contributed by atoms with Gasteiger partial charge in [0, 0.05) is 12.1 Å². The molecule has 1 aromatic rings. The molecule has 0 atom stereocenters. The SMILES string of the molecule is Nc1cc([N+](=O)[O-])c(F)cc1N1CC(=O)CC1=O. The number of nitro groups is 1. The van der Waals surface area contributed by atoms with E-state index >= 15 is 0 Å². The Bertz CT molecular complexity index is 572. The number of nitrogen functional groups attached to an aromatic ring is 1. The second kappa shape index (κ2) is 4.06. The minimum Gasteiger partial charge on any atom is -0.397 e. The third-order valence-electron chi connectivity index (χ3n) is 2.57. The van der Waals surface area contributed by atoms with Crippen LogP contribution in [0.2, 0.25) is 0 Å². The van der Waals surface area contributed by atoms with Gasteiger partial charge in [-0.1, -0.05) is 0 Å². The topological polar surface area (TPSA) is 107 Å². The van der Waals surface area contributed by atoms with Gasteiger partial charge < -0.3 is 10.6 Å². The lowest BCUT2D eigenvalue weighted by Gasteiger charge is -2.16. The normalized spacial score (nSPS) is 15.3. The van der Waals surface area contributed by atoms with E-state index in [-0.39, 0.29) is 30.1 Å². The van der Waals surface area contributed by atoms with Crippen LogP contribution in [0.15, 0.2) is 12.1 Å². The van der Waals surface area contributed by atoms with Crippen molar-refractivity contribution in [1.29, 1.82) is 0 Å². The fourth-order valence-corrected chi connectivity index (χ4v) is 1.75. The molecule has 0 aliphatic carbocycles. The molecule has 1 aliphatic heterocycles. The van der Waals surface area contributed by atoms with E-state index in [1.165, 1.54) is 0 Å². The highest BCUT2D eigenvalue weighted by atomic mass is 19.1. The van der Waals surface area contributed by atoms with Crippen LogP contribution in [0.4, 0.5) is 21.5 Å². The highest BCUT2D eigenvalue weighted by molar-refractivity contribution is 6.16. The fourth-order valence-electron chi connectivity index (χ4n) is 1.75.